The Morgan fingerprint density at radius 1 is 0.892 bits per heavy atom. The summed E-state index contributed by atoms with van der Waals surface area (Å²) in [5.74, 6) is 0.492. The van der Waals surface area contributed by atoms with Gasteiger partial charge in [-0.1, -0.05) is 42.5 Å². The van der Waals surface area contributed by atoms with Gasteiger partial charge >= 0.3 is 0 Å². The van der Waals surface area contributed by atoms with Gasteiger partial charge in [-0.15, -0.1) is 0 Å². The second-order valence-corrected chi connectivity index (χ2v) is 9.53. The first-order valence-electron chi connectivity index (χ1n) is 12.3. The molecule has 0 saturated heterocycles. The molecule has 0 saturated carbocycles. The molecule has 1 aliphatic carbocycles. The van der Waals surface area contributed by atoms with Crippen LogP contribution in [0, 0.1) is 0 Å². The zero-order valence-electron chi connectivity index (χ0n) is 20.4. The molecule has 2 heterocycles. The van der Waals surface area contributed by atoms with Gasteiger partial charge in [0.25, 0.3) is 11.8 Å². The van der Waals surface area contributed by atoms with Crippen LogP contribution in [0.3, 0.4) is 0 Å². The summed E-state index contributed by atoms with van der Waals surface area (Å²) in [6.07, 6.45) is 5.27. The van der Waals surface area contributed by atoms with Gasteiger partial charge < -0.3 is 9.72 Å². The maximum atomic E-state index is 13.2. The van der Waals surface area contributed by atoms with E-state index in [9.17, 15) is 14.4 Å². The number of carbonyl (C=O) groups is 3. The predicted octanol–water partition coefficient (Wildman–Crippen LogP) is 5.07. The first-order valence-corrected chi connectivity index (χ1v) is 12.3. The first kappa shape index (κ1) is 22.9. The molecule has 6 rings (SSSR count). The Balaban J connectivity index is 1.47. The highest BCUT2D eigenvalue weighted by molar-refractivity contribution is 6.21. The normalized spacial score (nSPS) is 16.4. The van der Waals surface area contributed by atoms with Crippen molar-refractivity contribution in [3.63, 3.8) is 0 Å². The summed E-state index contributed by atoms with van der Waals surface area (Å²) >= 11 is 0. The van der Waals surface area contributed by atoms with Crippen LogP contribution < -0.4 is 4.74 Å². The number of nitrogens with one attached hydrogen (secondary N) is 1. The monoisotopic (exact) mass is 491 g/mol. The lowest BCUT2D eigenvalue weighted by molar-refractivity contribution is 0.0637. The largest absolute Gasteiger partial charge is 0.475 e. The molecule has 184 valence electrons. The molecule has 1 N–H and O–H groups in total. The molecule has 7 heteroatoms. The molecule has 0 spiro atoms. The van der Waals surface area contributed by atoms with E-state index in [1.807, 2.05) is 37.3 Å². The molecule has 0 fully saturated rings. The van der Waals surface area contributed by atoms with Crippen LogP contribution in [-0.2, 0) is 18.6 Å². The van der Waals surface area contributed by atoms with E-state index in [1.165, 1.54) is 4.90 Å². The molecule has 0 unspecified atom stereocenters. The van der Waals surface area contributed by atoms with Crippen LogP contribution in [0.15, 0.2) is 79.1 Å². The molecule has 1 aliphatic heterocycles. The average molecular weight is 492 g/mol. The van der Waals surface area contributed by atoms with Crippen molar-refractivity contribution in [1.82, 2.24) is 14.9 Å². The molecule has 4 aromatic rings. The predicted molar refractivity (Wildman–Crippen MR) is 136 cm³/mol. The second kappa shape index (κ2) is 8.85. The van der Waals surface area contributed by atoms with Gasteiger partial charge in [-0.25, -0.2) is 4.98 Å². The number of ether oxygens (including phenoxy) is 1. The maximum Gasteiger partial charge on any atom is 0.261 e. The van der Waals surface area contributed by atoms with Gasteiger partial charge in [0.05, 0.1) is 17.7 Å². The minimum absolute atomic E-state index is 0.0150. The standard InChI is InChI=1S/C30H25N3O4/c1-30(29-31-16-17-32-29,19-8-3-2-4-9-19)37-26-15-14-21-20(12-7-13-25(21)34)24(26)18-33-27(35)22-10-5-6-11-23(22)28(33)36/h2-6,8-11,14-17H,7,12-13,18H2,1H3,(H,31,32)/t30-/m0/s1. The number of fused-ring (bicyclic) bond motifs is 2. The SMILES string of the molecule is C[C@](Oc1ccc2c(c1CN1C(=O)c3ccccc3C1=O)CCCC2=O)(c1ccccc1)c1ncc[nH]1. The van der Waals surface area contributed by atoms with Crippen molar-refractivity contribution >= 4 is 17.6 Å². The summed E-state index contributed by atoms with van der Waals surface area (Å²) in [4.78, 5) is 48.2. The molecule has 2 aliphatic rings. The molecule has 0 radical (unpaired) electrons. The number of hydrogen-bond donors (Lipinski definition) is 1. The Kier molecular flexibility index (Phi) is 5.48. The van der Waals surface area contributed by atoms with E-state index < -0.39 is 5.60 Å². The van der Waals surface area contributed by atoms with Crippen LogP contribution in [0.1, 0.15) is 73.4 Å². The fourth-order valence-corrected chi connectivity index (χ4v) is 5.33. The summed E-state index contributed by atoms with van der Waals surface area (Å²) in [6, 6.07) is 20.1. The van der Waals surface area contributed by atoms with Crippen molar-refractivity contribution in [2.75, 3.05) is 0 Å². The highest BCUT2D eigenvalue weighted by Crippen LogP contribution is 2.39. The maximum absolute atomic E-state index is 13.2. The number of aromatic amines is 1. The van der Waals surface area contributed by atoms with Crippen LogP contribution in [0.25, 0.3) is 0 Å². The number of Topliss-reactive ketones (excluding diaryl/α,β-unsaturated/α-hetero) is 1. The van der Waals surface area contributed by atoms with Crippen LogP contribution >= 0.6 is 0 Å². The molecule has 0 bridgehead atoms. The number of carbonyl (C=O) groups excluding carboxylic acids is 3. The molecule has 1 aromatic heterocycles. The second-order valence-electron chi connectivity index (χ2n) is 9.53. The molecule has 7 nitrogen and oxygen atoms in total. The third-order valence-corrected chi connectivity index (χ3v) is 7.30. The highest BCUT2D eigenvalue weighted by atomic mass is 16.5. The molecule has 1 atom stereocenters. The lowest BCUT2D eigenvalue weighted by atomic mass is 9.86. The number of ketones is 1. The zero-order chi connectivity index (χ0) is 25.6. The van der Waals surface area contributed by atoms with E-state index in [0.29, 0.717) is 53.1 Å². The zero-order valence-corrected chi connectivity index (χ0v) is 20.4. The van der Waals surface area contributed by atoms with E-state index in [1.54, 1.807) is 48.8 Å². The highest BCUT2D eigenvalue weighted by Gasteiger charge is 2.39. The topological polar surface area (TPSA) is 92.4 Å². The Morgan fingerprint density at radius 3 is 2.27 bits per heavy atom. The summed E-state index contributed by atoms with van der Waals surface area (Å²) in [7, 11) is 0. The van der Waals surface area contributed by atoms with Crippen molar-refractivity contribution in [3.8, 4) is 5.75 Å². The Bertz CT molecular complexity index is 1490. The average Bonchev–Trinajstić information content (AvgIpc) is 3.55. The van der Waals surface area contributed by atoms with E-state index in [4.69, 9.17) is 4.74 Å². The number of nitrogens with zero attached hydrogens (tertiary/aromatic N) is 2. The van der Waals surface area contributed by atoms with Gasteiger partial charge in [0.2, 0.25) is 0 Å². The van der Waals surface area contributed by atoms with Crippen molar-refractivity contribution in [3.05, 3.63) is 118 Å². The smallest absolute Gasteiger partial charge is 0.261 e. The summed E-state index contributed by atoms with van der Waals surface area (Å²) < 4.78 is 6.77. The van der Waals surface area contributed by atoms with E-state index in [-0.39, 0.29) is 24.1 Å². The number of aromatic nitrogens is 2. The van der Waals surface area contributed by atoms with E-state index in [0.717, 1.165) is 11.1 Å². The third-order valence-electron chi connectivity index (χ3n) is 7.30. The quantitative estimate of drug-likeness (QED) is 0.380. The lowest BCUT2D eigenvalue weighted by Gasteiger charge is -2.32. The molecule has 2 amide bonds. The van der Waals surface area contributed by atoms with Gasteiger partial charge in [-0.3, -0.25) is 19.3 Å². The van der Waals surface area contributed by atoms with Gasteiger partial charge in [0, 0.05) is 35.5 Å². The fraction of sp³-hybridized carbons (Fsp3) is 0.200. The van der Waals surface area contributed by atoms with Crippen molar-refractivity contribution in [2.45, 2.75) is 38.3 Å². The van der Waals surface area contributed by atoms with Crippen molar-refractivity contribution in [1.29, 1.82) is 0 Å². The molecular formula is C30H25N3O4. The summed E-state index contributed by atoms with van der Waals surface area (Å²) in [5.41, 5.74) is 2.80. The van der Waals surface area contributed by atoms with Crippen molar-refractivity contribution < 1.29 is 19.1 Å². The number of amides is 2. The summed E-state index contributed by atoms with van der Waals surface area (Å²) in [5, 5.41) is 0. The Labute approximate surface area is 214 Å². The number of hydrogen-bond acceptors (Lipinski definition) is 5. The van der Waals surface area contributed by atoms with Crippen LogP contribution in [-0.4, -0.2) is 32.5 Å². The third kappa shape index (κ3) is 3.74. The Morgan fingerprint density at radius 2 is 1.59 bits per heavy atom. The molecular weight excluding hydrogens is 466 g/mol. The van der Waals surface area contributed by atoms with Gasteiger partial charge in [0.15, 0.2) is 17.2 Å². The first-order chi connectivity index (χ1) is 18.0. The van der Waals surface area contributed by atoms with E-state index in [2.05, 4.69) is 9.97 Å². The van der Waals surface area contributed by atoms with Crippen LogP contribution in [0.4, 0.5) is 0 Å². The minimum Gasteiger partial charge on any atom is -0.475 e. The van der Waals surface area contributed by atoms with Crippen molar-refractivity contribution in [2.24, 2.45) is 0 Å². The molecule has 3 aromatic carbocycles. The van der Waals surface area contributed by atoms with Gasteiger partial charge in [-0.2, -0.15) is 0 Å². The number of H-pyrrole nitrogens is 1. The van der Waals surface area contributed by atoms with Gasteiger partial charge in [0.1, 0.15) is 5.75 Å². The number of rotatable bonds is 6. The van der Waals surface area contributed by atoms with Crippen LogP contribution in [0.5, 0.6) is 5.75 Å². The minimum atomic E-state index is -0.992. The lowest BCUT2D eigenvalue weighted by Crippen LogP contribution is -2.34. The molecule has 37 heavy (non-hydrogen) atoms. The number of imidazole rings is 1. The number of imide groups is 1. The van der Waals surface area contributed by atoms with Gasteiger partial charge in [-0.05, 0) is 49.6 Å². The summed E-state index contributed by atoms with van der Waals surface area (Å²) in [6.45, 7) is 1.94. The number of benzene rings is 3. The fourth-order valence-electron chi connectivity index (χ4n) is 5.33. The van der Waals surface area contributed by atoms with Crippen LogP contribution in [0.2, 0.25) is 0 Å². The Hall–Kier alpha value is -4.52. The van der Waals surface area contributed by atoms with E-state index >= 15 is 0 Å².